The lowest BCUT2D eigenvalue weighted by molar-refractivity contribution is 0.415. The molecule has 0 atom stereocenters. The van der Waals surface area contributed by atoms with E-state index in [0.717, 1.165) is 52.4 Å². The summed E-state index contributed by atoms with van der Waals surface area (Å²) in [6.45, 7) is 6.35. The second-order valence-corrected chi connectivity index (χ2v) is 7.78. The zero-order valence-corrected chi connectivity index (χ0v) is 19.5. The van der Waals surface area contributed by atoms with Crippen LogP contribution in [0, 0.1) is 0 Å². The van der Waals surface area contributed by atoms with Crippen LogP contribution in [0.4, 0.5) is 5.69 Å². The zero-order chi connectivity index (χ0) is 23.0. The Morgan fingerprint density at radius 2 is 1.24 bits per heavy atom. The van der Waals surface area contributed by atoms with E-state index in [1.54, 1.807) is 7.11 Å². The highest BCUT2D eigenvalue weighted by Crippen LogP contribution is 2.37. The van der Waals surface area contributed by atoms with Crippen molar-refractivity contribution in [2.75, 3.05) is 25.1 Å². The molecule has 0 radical (unpaired) electrons. The van der Waals surface area contributed by atoms with Crippen molar-refractivity contribution < 1.29 is 4.74 Å². The highest BCUT2D eigenvalue weighted by Gasteiger charge is 2.17. The molecule has 3 heteroatoms. The van der Waals surface area contributed by atoms with Crippen molar-refractivity contribution in [3.63, 3.8) is 0 Å². The molecular weight excluding hydrogens is 404 g/mol. The second kappa shape index (κ2) is 10.6. The summed E-state index contributed by atoms with van der Waals surface area (Å²) in [5.41, 5.74) is 7.84. The molecule has 33 heavy (non-hydrogen) atoms. The van der Waals surface area contributed by atoms with Crippen molar-refractivity contribution in [2.24, 2.45) is 0 Å². The fourth-order valence-corrected chi connectivity index (χ4v) is 4.18. The van der Waals surface area contributed by atoms with Crippen LogP contribution in [0.1, 0.15) is 36.2 Å². The van der Waals surface area contributed by atoms with Gasteiger partial charge in [-0.1, -0.05) is 60.7 Å². The Hall–Kier alpha value is -3.85. The highest BCUT2D eigenvalue weighted by molar-refractivity contribution is 6.04. The Morgan fingerprint density at radius 1 is 0.667 bits per heavy atom. The molecular formula is C30H30N2O. The minimum absolute atomic E-state index is 0.842. The highest BCUT2D eigenvalue weighted by atomic mass is 16.5. The summed E-state index contributed by atoms with van der Waals surface area (Å²) in [4.78, 5) is 7.10. The van der Waals surface area contributed by atoms with Crippen LogP contribution in [0.15, 0.2) is 103 Å². The summed E-state index contributed by atoms with van der Waals surface area (Å²) >= 11 is 0. The number of anilines is 1. The van der Waals surface area contributed by atoms with E-state index in [1.807, 2.05) is 36.5 Å². The van der Waals surface area contributed by atoms with Gasteiger partial charge in [0, 0.05) is 30.5 Å². The zero-order valence-electron chi connectivity index (χ0n) is 19.5. The summed E-state index contributed by atoms with van der Waals surface area (Å²) in [7, 11) is 1.70. The van der Waals surface area contributed by atoms with E-state index in [4.69, 9.17) is 9.72 Å². The van der Waals surface area contributed by atoms with Crippen molar-refractivity contribution in [3.8, 4) is 5.75 Å². The van der Waals surface area contributed by atoms with Crippen LogP contribution in [0.5, 0.6) is 5.75 Å². The van der Waals surface area contributed by atoms with Crippen LogP contribution >= 0.6 is 0 Å². The van der Waals surface area contributed by atoms with E-state index in [-0.39, 0.29) is 0 Å². The van der Waals surface area contributed by atoms with Gasteiger partial charge in [-0.2, -0.15) is 0 Å². The third-order valence-corrected chi connectivity index (χ3v) is 5.90. The maximum Gasteiger partial charge on any atom is 0.118 e. The molecule has 0 aliphatic rings. The molecule has 0 amide bonds. The fourth-order valence-electron chi connectivity index (χ4n) is 4.18. The number of ether oxygens (including phenoxy) is 1. The lowest BCUT2D eigenvalue weighted by atomic mass is 9.87. The first-order valence-corrected chi connectivity index (χ1v) is 11.5. The number of rotatable bonds is 8. The van der Waals surface area contributed by atoms with Crippen LogP contribution in [0.3, 0.4) is 0 Å². The average molecular weight is 435 g/mol. The molecule has 0 aliphatic heterocycles. The summed E-state index contributed by atoms with van der Waals surface area (Å²) in [6, 6.07) is 33.7. The van der Waals surface area contributed by atoms with Crippen LogP contribution in [-0.4, -0.2) is 25.2 Å². The van der Waals surface area contributed by atoms with Crippen molar-refractivity contribution in [2.45, 2.75) is 13.8 Å². The molecule has 1 aromatic heterocycles. The number of pyridine rings is 1. The van der Waals surface area contributed by atoms with Crippen molar-refractivity contribution in [1.82, 2.24) is 4.98 Å². The van der Waals surface area contributed by atoms with Crippen LogP contribution in [0.25, 0.3) is 11.1 Å². The van der Waals surface area contributed by atoms with Gasteiger partial charge in [0.1, 0.15) is 5.75 Å². The Labute approximate surface area is 197 Å². The molecule has 166 valence electrons. The Morgan fingerprint density at radius 3 is 1.79 bits per heavy atom. The Bertz CT molecular complexity index is 1140. The first-order valence-electron chi connectivity index (χ1n) is 11.5. The third-order valence-electron chi connectivity index (χ3n) is 5.90. The smallest absolute Gasteiger partial charge is 0.118 e. The molecule has 0 spiro atoms. The first-order chi connectivity index (χ1) is 16.2. The number of benzene rings is 3. The third kappa shape index (κ3) is 4.98. The topological polar surface area (TPSA) is 25.4 Å². The van der Waals surface area contributed by atoms with Gasteiger partial charge in [0.25, 0.3) is 0 Å². The lowest BCUT2D eigenvalue weighted by Crippen LogP contribution is -2.21. The monoisotopic (exact) mass is 434 g/mol. The van der Waals surface area contributed by atoms with Gasteiger partial charge in [0.15, 0.2) is 0 Å². The molecule has 0 bridgehead atoms. The van der Waals surface area contributed by atoms with E-state index in [9.17, 15) is 0 Å². The molecule has 3 nitrogen and oxygen atoms in total. The number of hydrogen-bond acceptors (Lipinski definition) is 3. The fraction of sp³-hybridized carbons (Fsp3) is 0.167. The minimum Gasteiger partial charge on any atom is -0.497 e. The standard InChI is InChI=1S/C30H30N2O/c1-4-32(5-2)26-18-14-24(15-19-26)29(25-16-20-27(33-3)21-17-25)30(23-11-7-6-8-12-23)28-13-9-10-22-31-28/h6-22H,4-5H2,1-3H3/b30-29+. The van der Waals surface area contributed by atoms with Gasteiger partial charge in [-0.05, 0) is 72.5 Å². The lowest BCUT2D eigenvalue weighted by Gasteiger charge is -2.22. The van der Waals surface area contributed by atoms with Gasteiger partial charge < -0.3 is 9.64 Å². The van der Waals surface area contributed by atoms with Gasteiger partial charge in [-0.15, -0.1) is 0 Å². The minimum atomic E-state index is 0.842. The largest absolute Gasteiger partial charge is 0.497 e. The predicted molar refractivity (Wildman–Crippen MR) is 139 cm³/mol. The molecule has 0 N–H and O–H groups in total. The number of nitrogens with zero attached hydrogens (tertiary/aromatic N) is 2. The first kappa shape index (κ1) is 22.3. The van der Waals surface area contributed by atoms with Crippen LogP contribution in [-0.2, 0) is 0 Å². The van der Waals surface area contributed by atoms with Crippen LogP contribution in [0.2, 0.25) is 0 Å². The van der Waals surface area contributed by atoms with E-state index in [1.165, 1.54) is 5.69 Å². The molecule has 0 unspecified atom stereocenters. The summed E-state index contributed by atoms with van der Waals surface area (Å²) in [5.74, 6) is 0.842. The summed E-state index contributed by atoms with van der Waals surface area (Å²) < 4.78 is 5.42. The molecule has 0 aliphatic carbocycles. The maximum absolute atomic E-state index is 5.42. The Balaban J connectivity index is 1.98. The molecule has 4 rings (SSSR count). The quantitative estimate of drug-likeness (QED) is 0.281. The second-order valence-electron chi connectivity index (χ2n) is 7.78. The number of hydrogen-bond donors (Lipinski definition) is 0. The molecule has 1 heterocycles. The van der Waals surface area contributed by atoms with Gasteiger partial charge in [-0.3, -0.25) is 4.98 Å². The van der Waals surface area contributed by atoms with Crippen molar-refractivity contribution in [1.29, 1.82) is 0 Å². The number of methoxy groups -OCH3 is 1. The van der Waals surface area contributed by atoms with Gasteiger partial charge in [-0.25, -0.2) is 0 Å². The summed E-state index contributed by atoms with van der Waals surface area (Å²) in [6.07, 6.45) is 1.85. The molecule has 0 saturated carbocycles. The van der Waals surface area contributed by atoms with E-state index in [2.05, 4.69) is 85.5 Å². The molecule has 4 aromatic rings. The van der Waals surface area contributed by atoms with Gasteiger partial charge in [0.2, 0.25) is 0 Å². The molecule has 0 saturated heterocycles. The van der Waals surface area contributed by atoms with E-state index < -0.39 is 0 Å². The normalized spacial score (nSPS) is 11.6. The average Bonchev–Trinajstić information content (AvgIpc) is 2.89. The van der Waals surface area contributed by atoms with E-state index in [0.29, 0.717) is 0 Å². The number of aromatic nitrogens is 1. The van der Waals surface area contributed by atoms with Crippen molar-refractivity contribution >= 4 is 16.8 Å². The maximum atomic E-state index is 5.42. The molecule has 3 aromatic carbocycles. The summed E-state index contributed by atoms with van der Waals surface area (Å²) in [5, 5.41) is 0. The van der Waals surface area contributed by atoms with Gasteiger partial charge in [0.05, 0.1) is 12.8 Å². The van der Waals surface area contributed by atoms with Gasteiger partial charge >= 0.3 is 0 Å². The van der Waals surface area contributed by atoms with Crippen LogP contribution < -0.4 is 9.64 Å². The molecule has 0 fully saturated rings. The van der Waals surface area contributed by atoms with E-state index >= 15 is 0 Å². The van der Waals surface area contributed by atoms with Crippen molar-refractivity contribution in [3.05, 3.63) is 126 Å². The Kier molecular flexibility index (Phi) is 7.21. The SMILES string of the molecule is CCN(CC)c1ccc(/C(=C(/c2ccccc2)c2ccccn2)c2ccc(OC)cc2)cc1. The predicted octanol–water partition coefficient (Wildman–Crippen LogP) is 6.94.